The van der Waals surface area contributed by atoms with Gasteiger partial charge >= 0.3 is 0 Å². The van der Waals surface area contributed by atoms with Crippen LogP contribution in [0.4, 0.5) is 0 Å². The molecule has 0 saturated heterocycles. The molecule has 0 fully saturated rings. The molecule has 0 aromatic carbocycles. The predicted octanol–water partition coefficient (Wildman–Crippen LogP) is 0.230. The van der Waals surface area contributed by atoms with Crippen LogP contribution in [0.3, 0.4) is 0 Å². The molecule has 0 unspecified atom stereocenters. The first-order chi connectivity index (χ1) is 7.45. The molecular formula is C10H11BN2O2S. The van der Waals surface area contributed by atoms with Crippen LogP contribution >= 0.6 is 0 Å². The fraction of sp³-hybridized carbons (Fsp3) is 0.300. The molecule has 2 radical (unpaired) electrons. The third-order valence-electron chi connectivity index (χ3n) is 2.46. The first kappa shape index (κ1) is 11.2. The van der Waals surface area contributed by atoms with Crippen LogP contribution in [0.25, 0.3) is 5.52 Å². The molecule has 0 aliphatic heterocycles. The van der Waals surface area contributed by atoms with E-state index in [1.165, 1.54) is 4.52 Å². The highest BCUT2D eigenvalue weighted by Gasteiger charge is 2.21. The van der Waals surface area contributed by atoms with E-state index < -0.39 is 9.84 Å². The standard InChI is InChI=1S/C10H11BN2O2S/c1-3-16(14,15)10-7(2)12-13-6-8(11)4-5-9(10)13/h4-6H,3H2,1-2H3. The Labute approximate surface area is 95.6 Å². The van der Waals surface area contributed by atoms with Crippen LogP contribution in [-0.4, -0.2) is 31.6 Å². The summed E-state index contributed by atoms with van der Waals surface area (Å²) in [6.07, 6.45) is 1.61. The van der Waals surface area contributed by atoms with E-state index >= 15 is 0 Å². The lowest BCUT2D eigenvalue weighted by Crippen LogP contribution is -2.07. The van der Waals surface area contributed by atoms with Crippen LogP contribution in [0.2, 0.25) is 0 Å². The number of nitrogens with zero attached hydrogens (tertiary/aromatic N) is 2. The van der Waals surface area contributed by atoms with Crippen LogP contribution < -0.4 is 5.46 Å². The van der Waals surface area contributed by atoms with Gasteiger partial charge in [0.15, 0.2) is 9.84 Å². The number of rotatable bonds is 2. The molecule has 2 heterocycles. The Balaban J connectivity index is 2.85. The molecule has 6 heteroatoms. The molecule has 4 nitrogen and oxygen atoms in total. The first-order valence-electron chi connectivity index (χ1n) is 4.93. The summed E-state index contributed by atoms with van der Waals surface area (Å²) >= 11 is 0. The van der Waals surface area contributed by atoms with Gasteiger partial charge in [0.05, 0.1) is 17.0 Å². The molecule has 0 aliphatic carbocycles. The van der Waals surface area contributed by atoms with E-state index in [4.69, 9.17) is 7.85 Å². The summed E-state index contributed by atoms with van der Waals surface area (Å²) in [6.45, 7) is 3.31. The molecule has 0 saturated carbocycles. The van der Waals surface area contributed by atoms with E-state index in [1.54, 1.807) is 32.2 Å². The fourth-order valence-electron chi connectivity index (χ4n) is 1.69. The van der Waals surface area contributed by atoms with E-state index in [0.717, 1.165) is 0 Å². The number of aryl methyl sites for hydroxylation is 1. The average molecular weight is 234 g/mol. The predicted molar refractivity (Wildman–Crippen MR) is 63.0 cm³/mol. The van der Waals surface area contributed by atoms with Crippen molar-refractivity contribution in [2.75, 3.05) is 5.75 Å². The topological polar surface area (TPSA) is 51.4 Å². The maximum Gasteiger partial charge on any atom is 0.182 e. The highest BCUT2D eigenvalue weighted by Crippen LogP contribution is 2.21. The SMILES string of the molecule is [B]c1ccc2c(S(=O)(=O)CC)c(C)nn2c1. The number of sulfone groups is 1. The number of hydrogen-bond donors (Lipinski definition) is 0. The average Bonchev–Trinajstić information content (AvgIpc) is 2.53. The maximum absolute atomic E-state index is 11.9. The van der Waals surface area contributed by atoms with Crippen LogP contribution in [0.5, 0.6) is 0 Å². The van der Waals surface area contributed by atoms with E-state index in [2.05, 4.69) is 5.10 Å². The molecule has 82 valence electrons. The van der Waals surface area contributed by atoms with E-state index in [0.29, 0.717) is 21.6 Å². The highest BCUT2D eigenvalue weighted by molar-refractivity contribution is 7.91. The van der Waals surface area contributed by atoms with Crippen LogP contribution in [0.15, 0.2) is 23.2 Å². The Bertz CT molecular complexity index is 646. The number of aromatic nitrogens is 2. The van der Waals surface area contributed by atoms with Crippen LogP contribution in [0.1, 0.15) is 12.6 Å². The van der Waals surface area contributed by atoms with Crippen molar-refractivity contribution in [3.63, 3.8) is 0 Å². The van der Waals surface area contributed by atoms with Crippen molar-refractivity contribution in [3.05, 3.63) is 24.0 Å². The lowest BCUT2D eigenvalue weighted by Gasteiger charge is -2.00. The minimum Gasteiger partial charge on any atom is -0.240 e. The summed E-state index contributed by atoms with van der Waals surface area (Å²) < 4.78 is 25.3. The third kappa shape index (κ3) is 1.63. The van der Waals surface area contributed by atoms with Crippen molar-refractivity contribution in [3.8, 4) is 0 Å². The summed E-state index contributed by atoms with van der Waals surface area (Å²) in [4.78, 5) is 0.301. The largest absolute Gasteiger partial charge is 0.240 e. The molecule has 0 spiro atoms. The molecule has 16 heavy (non-hydrogen) atoms. The quantitative estimate of drug-likeness (QED) is 0.699. The van der Waals surface area contributed by atoms with Crippen molar-refractivity contribution < 1.29 is 8.42 Å². The lowest BCUT2D eigenvalue weighted by molar-refractivity contribution is 0.597. The van der Waals surface area contributed by atoms with Gasteiger partial charge in [-0.05, 0) is 13.0 Å². The maximum atomic E-state index is 11.9. The Morgan fingerprint density at radius 1 is 1.44 bits per heavy atom. The molecule has 0 amide bonds. The second kappa shape index (κ2) is 3.62. The zero-order valence-electron chi connectivity index (χ0n) is 9.14. The van der Waals surface area contributed by atoms with Gasteiger partial charge in [0.25, 0.3) is 0 Å². The summed E-state index contributed by atoms with van der Waals surface area (Å²) in [5, 5.41) is 4.15. The Morgan fingerprint density at radius 3 is 2.75 bits per heavy atom. The molecule has 2 aromatic rings. The van der Waals surface area contributed by atoms with Crippen LogP contribution in [0, 0.1) is 6.92 Å². The monoisotopic (exact) mass is 234 g/mol. The molecule has 0 N–H and O–H groups in total. The Hall–Kier alpha value is -1.30. The summed E-state index contributed by atoms with van der Waals surface area (Å²) in [6, 6.07) is 3.35. The minimum atomic E-state index is -3.25. The molecule has 0 aliphatic rings. The van der Waals surface area contributed by atoms with Crippen molar-refractivity contribution in [2.24, 2.45) is 0 Å². The zero-order valence-corrected chi connectivity index (χ0v) is 9.95. The number of fused-ring (bicyclic) bond motifs is 1. The summed E-state index contributed by atoms with van der Waals surface area (Å²) in [7, 11) is 2.37. The van der Waals surface area contributed by atoms with Gasteiger partial charge in [0, 0.05) is 6.20 Å². The van der Waals surface area contributed by atoms with Gasteiger partial charge in [0.1, 0.15) is 12.7 Å². The fourth-order valence-corrected chi connectivity index (χ4v) is 2.95. The molecule has 2 rings (SSSR count). The first-order valence-corrected chi connectivity index (χ1v) is 6.58. The smallest absolute Gasteiger partial charge is 0.182 e. The van der Waals surface area contributed by atoms with Crippen molar-refractivity contribution in [2.45, 2.75) is 18.7 Å². The van der Waals surface area contributed by atoms with Gasteiger partial charge in [-0.3, -0.25) is 0 Å². The van der Waals surface area contributed by atoms with Crippen molar-refractivity contribution >= 4 is 28.7 Å². The second-order valence-corrected chi connectivity index (χ2v) is 5.83. The normalized spacial score (nSPS) is 12.1. The molecule has 0 bridgehead atoms. The van der Waals surface area contributed by atoms with E-state index in [9.17, 15) is 8.42 Å². The van der Waals surface area contributed by atoms with Gasteiger partial charge in [-0.15, -0.1) is 0 Å². The van der Waals surface area contributed by atoms with Gasteiger partial charge < -0.3 is 0 Å². The minimum absolute atomic E-state index is 0.0690. The molecule has 0 atom stereocenters. The van der Waals surface area contributed by atoms with E-state index in [1.807, 2.05) is 0 Å². The Kier molecular flexibility index (Phi) is 2.54. The third-order valence-corrected chi connectivity index (χ3v) is 4.35. The molecule has 2 aromatic heterocycles. The van der Waals surface area contributed by atoms with E-state index in [-0.39, 0.29) is 5.75 Å². The Morgan fingerprint density at radius 2 is 2.12 bits per heavy atom. The summed E-state index contributed by atoms with van der Waals surface area (Å²) in [5.74, 6) is 0.0690. The molecular weight excluding hydrogens is 223 g/mol. The van der Waals surface area contributed by atoms with Gasteiger partial charge in [-0.25, -0.2) is 12.9 Å². The number of hydrogen-bond acceptors (Lipinski definition) is 3. The van der Waals surface area contributed by atoms with Crippen LogP contribution in [-0.2, 0) is 9.84 Å². The lowest BCUT2D eigenvalue weighted by atomic mass is 9.99. The van der Waals surface area contributed by atoms with Gasteiger partial charge in [-0.1, -0.05) is 18.5 Å². The number of pyridine rings is 1. The van der Waals surface area contributed by atoms with Crippen molar-refractivity contribution in [1.29, 1.82) is 0 Å². The highest BCUT2D eigenvalue weighted by atomic mass is 32.2. The van der Waals surface area contributed by atoms with Gasteiger partial charge in [0.2, 0.25) is 0 Å². The second-order valence-electron chi connectivity index (χ2n) is 3.61. The van der Waals surface area contributed by atoms with Gasteiger partial charge in [-0.2, -0.15) is 5.10 Å². The van der Waals surface area contributed by atoms with Crippen molar-refractivity contribution in [1.82, 2.24) is 9.61 Å². The zero-order chi connectivity index (χ0) is 11.9. The summed E-state index contributed by atoms with van der Waals surface area (Å²) in [5.41, 5.74) is 1.64.